The Morgan fingerprint density at radius 2 is 2.17 bits per heavy atom. The number of amides is 1. The molecule has 0 fully saturated rings. The van der Waals surface area contributed by atoms with E-state index in [0.717, 1.165) is 6.07 Å². The molecule has 0 aliphatic carbocycles. The number of carbonyl (C=O) groups is 1. The van der Waals surface area contributed by atoms with Crippen LogP contribution in [0.4, 0.5) is 10.1 Å². The maximum Gasteiger partial charge on any atom is 0.257 e. The first-order valence-electron chi connectivity index (χ1n) is 4.97. The molecule has 0 atom stereocenters. The van der Waals surface area contributed by atoms with Crippen molar-refractivity contribution >= 4 is 27.5 Å². The highest BCUT2D eigenvalue weighted by Gasteiger charge is 2.13. The maximum atomic E-state index is 13.4. The lowest BCUT2D eigenvalue weighted by Crippen LogP contribution is -2.13. The van der Waals surface area contributed by atoms with Crippen LogP contribution in [0, 0.1) is 5.82 Å². The van der Waals surface area contributed by atoms with E-state index in [1.165, 1.54) is 24.5 Å². The molecule has 1 heterocycles. The van der Waals surface area contributed by atoms with E-state index in [9.17, 15) is 14.3 Å². The van der Waals surface area contributed by atoms with Crippen LogP contribution >= 0.6 is 15.9 Å². The molecule has 2 N–H and O–H groups in total. The van der Waals surface area contributed by atoms with Crippen molar-refractivity contribution in [3.63, 3.8) is 0 Å². The zero-order valence-corrected chi connectivity index (χ0v) is 10.6. The second kappa shape index (κ2) is 5.14. The van der Waals surface area contributed by atoms with Gasteiger partial charge in [0.05, 0.1) is 5.56 Å². The van der Waals surface area contributed by atoms with Crippen molar-refractivity contribution in [1.29, 1.82) is 0 Å². The van der Waals surface area contributed by atoms with Gasteiger partial charge in [0.25, 0.3) is 5.91 Å². The second-order valence-electron chi connectivity index (χ2n) is 3.48. The van der Waals surface area contributed by atoms with Gasteiger partial charge in [0.15, 0.2) is 5.82 Å². The van der Waals surface area contributed by atoms with E-state index < -0.39 is 11.7 Å². The summed E-state index contributed by atoms with van der Waals surface area (Å²) in [6.45, 7) is 0. The van der Waals surface area contributed by atoms with Gasteiger partial charge in [-0.15, -0.1) is 0 Å². The number of phenols is 1. The second-order valence-corrected chi connectivity index (χ2v) is 4.40. The lowest BCUT2D eigenvalue weighted by atomic mass is 10.2. The summed E-state index contributed by atoms with van der Waals surface area (Å²) in [5.41, 5.74) is 0.00880. The van der Waals surface area contributed by atoms with Crippen LogP contribution in [0.1, 0.15) is 10.4 Å². The fourth-order valence-electron chi connectivity index (χ4n) is 1.36. The number of halogens is 2. The van der Waals surface area contributed by atoms with Gasteiger partial charge in [-0.05, 0) is 34.1 Å². The minimum absolute atomic E-state index is 0.248. The van der Waals surface area contributed by atoms with E-state index in [0.29, 0.717) is 4.47 Å². The summed E-state index contributed by atoms with van der Waals surface area (Å²) in [5.74, 6) is -1.58. The summed E-state index contributed by atoms with van der Waals surface area (Å²) in [7, 11) is 0. The van der Waals surface area contributed by atoms with Crippen LogP contribution in [0.2, 0.25) is 0 Å². The standard InChI is InChI=1S/C12H8BrFN2O2/c13-8-4-7(5-15-6-8)12(18)16-11-9(14)2-1-3-10(11)17/h1-6,17H,(H,16,18). The third-order valence-electron chi connectivity index (χ3n) is 2.20. The van der Waals surface area contributed by atoms with Gasteiger partial charge in [0.2, 0.25) is 0 Å². The van der Waals surface area contributed by atoms with Gasteiger partial charge in [0, 0.05) is 16.9 Å². The molecule has 4 nitrogen and oxygen atoms in total. The highest BCUT2D eigenvalue weighted by molar-refractivity contribution is 9.10. The highest BCUT2D eigenvalue weighted by Crippen LogP contribution is 2.26. The van der Waals surface area contributed by atoms with Gasteiger partial charge in [-0.2, -0.15) is 0 Å². The normalized spacial score (nSPS) is 10.1. The fourth-order valence-corrected chi connectivity index (χ4v) is 1.72. The van der Waals surface area contributed by atoms with E-state index in [1.54, 1.807) is 6.07 Å². The average molecular weight is 311 g/mol. The zero-order valence-electron chi connectivity index (χ0n) is 9.02. The van der Waals surface area contributed by atoms with E-state index >= 15 is 0 Å². The van der Waals surface area contributed by atoms with Gasteiger partial charge in [-0.25, -0.2) is 4.39 Å². The van der Waals surface area contributed by atoms with Gasteiger partial charge < -0.3 is 10.4 Å². The Morgan fingerprint density at radius 1 is 1.39 bits per heavy atom. The smallest absolute Gasteiger partial charge is 0.257 e. The number of aromatic nitrogens is 1. The molecule has 0 bridgehead atoms. The number of rotatable bonds is 2. The first kappa shape index (κ1) is 12.5. The Morgan fingerprint density at radius 3 is 2.83 bits per heavy atom. The minimum atomic E-state index is -0.702. The van der Waals surface area contributed by atoms with Gasteiger partial charge in [-0.1, -0.05) is 6.07 Å². The van der Waals surface area contributed by atoms with Gasteiger partial charge in [-0.3, -0.25) is 9.78 Å². The summed E-state index contributed by atoms with van der Waals surface area (Å²) in [6.07, 6.45) is 2.87. The predicted octanol–water partition coefficient (Wildman–Crippen LogP) is 2.94. The quantitative estimate of drug-likeness (QED) is 0.838. The Bertz CT molecular complexity index is 584. The van der Waals surface area contributed by atoms with Crippen LogP contribution in [-0.4, -0.2) is 16.0 Å². The minimum Gasteiger partial charge on any atom is -0.506 e. The Balaban J connectivity index is 2.27. The van der Waals surface area contributed by atoms with Crippen LogP contribution in [0.3, 0.4) is 0 Å². The lowest BCUT2D eigenvalue weighted by Gasteiger charge is -2.08. The fraction of sp³-hybridized carbons (Fsp3) is 0. The van der Waals surface area contributed by atoms with Crippen molar-refractivity contribution in [2.45, 2.75) is 0 Å². The van der Waals surface area contributed by atoms with Crippen LogP contribution < -0.4 is 5.32 Å². The molecule has 6 heteroatoms. The average Bonchev–Trinajstić information content (AvgIpc) is 2.34. The molecule has 1 amide bonds. The summed E-state index contributed by atoms with van der Waals surface area (Å²) >= 11 is 3.18. The van der Waals surface area contributed by atoms with Crippen LogP contribution in [0.25, 0.3) is 0 Å². The summed E-state index contributed by atoms with van der Waals surface area (Å²) in [6, 6.07) is 5.33. The highest BCUT2D eigenvalue weighted by atomic mass is 79.9. The number of hydrogen-bond donors (Lipinski definition) is 2. The molecule has 1 aromatic heterocycles. The predicted molar refractivity (Wildman–Crippen MR) is 68.0 cm³/mol. The number of carbonyl (C=O) groups excluding carboxylic acids is 1. The summed E-state index contributed by atoms with van der Waals surface area (Å²) in [4.78, 5) is 15.6. The Kier molecular flexibility index (Phi) is 3.57. The molecular weight excluding hydrogens is 303 g/mol. The largest absolute Gasteiger partial charge is 0.506 e. The van der Waals surface area contributed by atoms with Crippen LogP contribution in [-0.2, 0) is 0 Å². The van der Waals surface area contributed by atoms with Crippen molar-refractivity contribution in [3.8, 4) is 5.75 Å². The number of nitrogens with zero attached hydrogens (tertiary/aromatic N) is 1. The molecule has 0 aliphatic rings. The molecule has 92 valence electrons. The van der Waals surface area contributed by atoms with Crippen molar-refractivity contribution < 1.29 is 14.3 Å². The van der Waals surface area contributed by atoms with Gasteiger partial charge in [0.1, 0.15) is 11.4 Å². The van der Waals surface area contributed by atoms with Crippen molar-refractivity contribution in [1.82, 2.24) is 4.98 Å². The monoisotopic (exact) mass is 310 g/mol. The molecule has 18 heavy (non-hydrogen) atoms. The number of para-hydroxylation sites is 1. The van der Waals surface area contributed by atoms with Crippen LogP contribution in [0.5, 0.6) is 5.75 Å². The van der Waals surface area contributed by atoms with E-state index in [2.05, 4.69) is 26.2 Å². The van der Waals surface area contributed by atoms with Crippen molar-refractivity contribution in [2.75, 3.05) is 5.32 Å². The van der Waals surface area contributed by atoms with Crippen molar-refractivity contribution in [3.05, 3.63) is 52.5 Å². The Labute approximate surface area is 111 Å². The number of nitrogens with one attached hydrogen (secondary N) is 1. The molecule has 0 unspecified atom stereocenters. The molecule has 0 aliphatic heterocycles. The molecular formula is C12H8BrFN2O2. The topological polar surface area (TPSA) is 62.2 Å². The molecule has 0 saturated carbocycles. The lowest BCUT2D eigenvalue weighted by molar-refractivity contribution is 0.102. The number of phenolic OH excluding ortho intramolecular Hbond substituents is 1. The third-order valence-corrected chi connectivity index (χ3v) is 2.63. The van der Waals surface area contributed by atoms with Crippen LogP contribution in [0.15, 0.2) is 41.1 Å². The van der Waals surface area contributed by atoms with E-state index in [1.807, 2.05) is 0 Å². The number of aromatic hydroxyl groups is 1. The molecule has 1 aromatic carbocycles. The third kappa shape index (κ3) is 2.65. The molecule has 2 aromatic rings. The molecule has 0 saturated heterocycles. The SMILES string of the molecule is O=C(Nc1c(O)cccc1F)c1cncc(Br)c1. The first-order chi connectivity index (χ1) is 8.58. The molecule has 0 spiro atoms. The summed E-state index contributed by atoms with van der Waals surface area (Å²) < 4.78 is 14.0. The van der Waals surface area contributed by atoms with E-state index in [4.69, 9.17) is 0 Å². The number of pyridine rings is 1. The van der Waals surface area contributed by atoms with Crippen molar-refractivity contribution in [2.24, 2.45) is 0 Å². The number of anilines is 1. The zero-order chi connectivity index (χ0) is 13.1. The summed E-state index contributed by atoms with van der Waals surface area (Å²) in [5, 5.41) is 11.8. The Hall–Kier alpha value is -1.95. The number of benzene rings is 1. The number of hydrogen-bond acceptors (Lipinski definition) is 3. The first-order valence-corrected chi connectivity index (χ1v) is 5.76. The molecule has 0 radical (unpaired) electrons. The van der Waals surface area contributed by atoms with E-state index in [-0.39, 0.29) is 17.0 Å². The molecule has 2 rings (SSSR count). The maximum absolute atomic E-state index is 13.4. The van der Waals surface area contributed by atoms with Gasteiger partial charge >= 0.3 is 0 Å².